The minimum Gasteiger partial charge on any atom is -0.469 e. The zero-order chi connectivity index (χ0) is 9.90. The third kappa shape index (κ3) is 2.52. The Kier molecular flexibility index (Phi) is 2.63. The molecule has 0 saturated carbocycles. The topological polar surface area (TPSA) is 63.6 Å². The Labute approximate surface area is 75.5 Å². The molecule has 0 aliphatic heterocycles. The maximum Gasteiger partial charge on any atom is 0.309 e. The summed E-state index contributed by atoms with van der Waals surface area (Å²) in [6.45, 7) is 0. The number of hydrogen-bond acceptors (Lipinski definition) is 4. The number of allylic oxidation sites excluding steroid dienone is 2. The van der Waals surface area contributed by atoms with Crippen molar-refractivity contribution in [1.29, 1.82) is 0 Å². The van der Waals surface area contributed by atoms with E-state index in [1.807, 2.05) is 0 Å². The van der Waals surface area contributed by atoms with Crippen molar-refractivity contribution in [3.63, 3.8) is 0 Å². The van der Waals surface area contributed by atoms with Gasteiger partial charge in [-0.25, -0.2) is 0 Å². The summed E-state index contributed by atoms with van der Waals surface area (Å²) in [6.07, 6.45) is 4.84. The first-order chi connectivity index (χ1) is 6.06. The van der Waals surface area contributed by atoms with E-state index in [0.29, 0.717) is 0 Å². The molecule has 0 radical (unpaired) electrons. The van der Waals surface area contributed by atoms with Crippen molar-refractivity contribution in [1.82, 2.24) is 0 Å². The smallest absolute Gasteiger partial charge is 0.309 e. The van der Waals surface area contributed by atoms with E-state index >= 15 is 0 Å². The van der Waals surface area contributed by atoms with Crippen LogP contribution in [0.3, 0.4) is 0 Å². The highest BCUT2D eigenvalue weighted by Gasteiger charge is 2.26. The first-order valence-corrected chi connectivity index (χ1v) is 3.77. The summed E-state index contributed by atoms with van der Waals surface area (Å²) in [5, 5.41) is 9.66. The summed E-state index contributed by atoms with van der Waals surface area (Å²) in [4.78, 5) is 21.5. The van der Waals surface area contributed by atoms with E-state index in [9.17, 15) is 14.7 Å². The lowest BCUT2D eigenvalue weighted by atomic mass is 9.94. The maximum atomic E-state index is 10.8. The quantitative estimate of drug-likeness (QED) is 0.609. The Balaban J connectivity index is 2.68. The minimum absolute atomic E-state index is 0.177. The van der Waals surface area contributed by atoms with Crippen LogP contribution in [0, 0.1) is 0 Å². The zero-order valence-electron chi connectivity index (χ0n) is 7.19. The molecule has 0 saturated heterocycles. The second-order valence-corrected chi connectivity index (χ2v) is 2.81. The summed E-state index contributed by atoms with van der Waals surface area (Å²) in [6, 6.07) is 0. The van der Waals surface area contributed by atoms with Crippen molar-refractivity contribution in [3.8, 4) is 0 Å². The zero-order valence-corrected chi connectivity index (χ0v) is 7.19. The number of ketones is 1. The van der Waals surface area contributed by atoms with Gasteiger partial charge in [0.2, 0.25) is 0 Å². The fourth-order valence-corrected chi connectivity index (χ4v) is 0.985. The predicted molar refractivity (Wildman–Crippen MR) is 44.9 cm³/mol. The molecule has 0 heterocycles. The molecule has 1 rings (SSSR count). The van der Waals surface area contributed by atoms with Gasteiger partial charge < -0.3 is 9.84 Å². The van der Waals surface area contributed by atoms with Gasteiger partial charge in [-0.15, -0.1) is 0 Å². The molecule has 0 spiro atoms. The molecule has 0 bridgehead atoms. The predicted octanol–water partition coefficient (Wildman–Crippen LogP) is -0.0243. The molecule has 1 aliphatic rings. The number of carbonyl (C=O) groups excluding carboxylic acids is 2. The van der Waals surface area contributed by atoms with Crippen LogP contribution in [0.5, 0.6) is 0 Å². The second kappa shape index (κ2) is 3.53. The molecule has 13 heavy (non-hydrogen) atoms. The van der Waals surface area contributed by atoms with Gasteiger partial charge in [-0.05, 0) is 24.3 Å². The van der Waals surface area contributed by atoms with Gasteiger partial charge in [-0.2, -0.15) is 0 Å². The lowest BCUT2D eigenvalue weighted by molar-refractivity contribution is -0.143. The molecule has 70 valence electrons. The monoisotopic (exact) mass is 182 g/mol. The summed E-state index contributed by atoms with van der Waals surface area (Å²) >= 11 is 0. The lowest BCUT2D eigenvalue weighted by Crippen LogP contribution is -2.29. The number of carbonyl (C=O) groups is 2. The molecule has 1 aliphatic carbocycles. The Morgan fingerprint density at radius 3 is 2.54 bits per heavy atom. The van der Waals surface area contributed by atoms with Gasteiger partial charge in [0.05, 0.1) is 13.5 Å². The average Bonchev–Trinajstić information content (AvgIpc) is 2.10. The molecule has 4 heteroatoms. The standard InChI is InChI=1S/C9H10O4/c1-13-8(11)6-9(12)4-2-7(10)3-5-9/h2-5,12H,6H2,1H3. The van der Waals surface area contributed by atoms with Crippen molar-refractivity contribution in [3.05, 3.63) is 24.3 Å². The van der Waals surface area contributed by atoms with Crippen LogP contribution in [0.4, 0.5) is 0 Å². The molecular weight excluding hydrogens is 172 g/mol. The SMILES string of the molecule is COC(=O)CC1(O)C=CC(=O)C=C1. The summed E-state index contributed by atoms with van der Waals surface area (Å²) < 4.78 is 4.39. The van der Waals surface area contributed by atoms with Crippen molar-refractivity contribution < 1.29 is 19.4 Å². The third-order valence-electron chi connectivity index (χ3n) is 1.73. The van der Waals surface area contributed by atoms with Crippen LogP contribution in [0.1, 0.15) is 6.42 Å². The van der Waals surface area contributed by atoms with Crippen LogP contribution in [0.15, 0.2) is 24.3 Å². The van der Waals surface area contributed by atoms with Gasteiger partial charge in [0.25, 0.3) is 0 Å². The summed E-state index contributed by atoms with van der Waals surface area (Å²) in [7, 11) is 1.24. The molecule has 0 aromatic carbocycles. The van der Waals surface area contributed by atoms with Gasteiger partial charge in [0, 0.05) is 0 Å². The van der Waals surface area contributed by atoms with Gasteiger partial charge in [-0.1, -0.05) is 0 Å². The largest absolute Gasteiger partial charge is 0.469 e. The van der Waals surface area contributed by atoms with Gasteiger partial charge in [0.15, 0.2) is 5.78 Å². The first-order valence-electron chi connectivity index (χ1n) is 3.77. The highest BCUT2D eigenvalue weighted by atomic mass is 16.5. The van der Waals surface area contributed by atoms with E-state index in [0.717, 1.165) is 0 Å². The molecule has 0 amide bonds. The molecule has 1 N–H and O–H groups in total. The Hall–Kier alpha value is -1.42. The second-order valence-electron chi connectivity index (χ2n) is 2.81. The van der Waals surface area contributed by atoms with Crippen LogP contribution in [0.25, 0.3) is 0 Å². The summed E-state index contributed by atoms with van der Waals surface area (Å²) in [5.41, 5.74) is -1.37. The molecule has 0 aromatic heterocycles. The number of hydrogen-bond donors (Lipinski definition) is 1. The maximum absolute atomic E-state index is 10.8. The molecule has 4 nitrogen and oxygen atoms in total. The van der Waals surface area contributed by atoms with Gasteiger partial charge in [0.1, 0.15) is 5.60 Å². The van der Waals surface area contributed by atoms with Crippen LogP contribution in [0.2, 0.25) is 0 Å². The van der Waals surface area contributed by atoms with Gasteiger partial charge >= 0.3 is 5.97 Å². The van der Waals surface area contributed by atoms with Crippen molar-refractivity contribution >= 4 is 11.8 Å². The van der Waals surface area contributed by atoms with E-state index in [-0.39, 0.29) is 12.2 Å². The van der Waals surface area contributed by atoms with E-state index in [4.69, 9.17) is 0 Å². The van der Waals surface area contributed by atoms with Crippen molar-refractivity contribution in [2.75, 3.05) is 7.11 Å². The minimum atomic E-state index is -1.37. The lowest BCUT2D eigenvalue weighted by Gasteiger charge is -2.20. The van der Waals surface area contributed by atoms with Crippen LogP contribution in [-0.4, -0.2) is 29.6 Å². The fraction of sp³-hybridized carbons (Fsp3) is 0.333. The first kappa shape index (κ1) is 9.67. The number of methoxy groups -OCH3 is 1. The van der Waals surface area contributed by atoms with E-state index < -0.39 is 11.6 Å². The Bertz CT molecular complexity index is 272. The molecule has 0 fully saturated rings. The highest BCUT2D eigenvalue weighted by Crippen LogP contribution is 2.18. The van der Waals surface area contributed by atoms with Crippen molar-refractivity contribution in [2.24, 2.45) is 0 Å². The molecular formula is C9H10O4. The Morgan fingerprint density at radius 2 is 2.08 bits per heavy atom. The van der Waals surface area contributed by atoms with Crippen molar-refractivity contribution in [2.45, 2.75) is 12.0 Å². The normalized spacial score (nSPS) is 18.8. The van der Waals surface area contributed by atoms with Crippen LogP contribution < -0.4 is 0 Å². The highest BCUT2D eigenvalue weighted by molar-refractivity contribution is 6.00. The molecule has 0 aromatic rings. The van der Waals surface area contributed by atoms with E-state index in [1.54, 1.807) is 0 Å². The third-order valence-corrected chi connectivity index (χ3v) is 1.73. The van der Waals surface area contributed by atoms with Crippen LogP contribution in [-0.2, 0) is 14.3 Å². The number of esters is 1. The number of rotatable bonds is 2. The van der Waals surface area contributed by atoms with Gasteiger partial charge in [-0.3, -0.25) is 9.59 Å². The summed E-state index contributed by atoms with van der Waals surface area (Å²) in [5.74, 6) is -0.722. The van der Waals surface area contributed by atoms with E-state index in [2.05, 4.69) is 4.74 Å². The average molecular weight is 182 g/mol. The van der Waals surface area contributed by atoms with Crippen LogP contribution >= 0.6 is 0 Å². The van der Waals surface area contributed by atoms with E-state index in [1.165, 1.54) is 31.4 Å². The number of ether oxygens (including phenoxy) is 1. The molecule has 0 unspecified atom stereocenters. The Morgan fingerprint density at radius 1 is 1.54 bits per heavy atom. The molecule has 0 atom stereocenters. The fourth-order valence-electron chi connectivity index (χ4n) is 0.985. The number of aliphatic hydroxyl groups is 1.